The summed E-state index contributed by atoms with van der Waals surface area (Å²) in [5.74, 6) is -0.251. The predicted octanol–water partition coefficient (Wildman–Crippen LogP) is 5.96. The number of halogens is 1. The van der Waals surface area contributed by atoms with E-state index in [-0.39, 0.29) is 17.0 Å². The van der Waals surface area contributed by atoms with Crippen LogP contribution < -0.4 is 0 Å². The minimum atomic E-state index is -0.336. The van der Waals surface area contributed by atoms with E-state index in [1.165, 1.54) is 6.33 Å². The Labute approximate surface area is 184 Å². The molecule has 0 aliphatic rings. The van der Waals surface area contributed by atoms with Crippen LogP contribution in [-0.4, -0.2) is 20.5 Å². The lowest BCUT2D eigenvalue weighted by molar-refractivity contribution is 0.0901. The lowest BCUT2D eigenvalue weighted by Crippen LogP contribution is -2.26. The van der Waals surface area contributed by atoms with Gasteiger partial charge < -0.3 is 0 Å². The molecular formula is C24H20ClN3OS. The van der Waals surface area contributed by atoms with Gasteiger partial charge in [0.1, 0.15) is 12.7 Å². The quantitative estimate of drug-likeness (QED) is 0.254. The Morgan fingerprint density at radius 3 is 2.23 bits per heavy atom. The molecule has 0 radical (unpaired) electrons. The van der Waals surface area contributed by atoms with E-state index in [1.54, 1.807) is 22.8 Å². The van der Waals surface area contributed by atoms with Crippen LogP contribution in [-0.2, 0) is 6.54 Å². The largest absolute Gasteiger partial charge is 0.294 e. The maximum atomic E-state index is 13.6. The lowest BCUT2D eigenvalue weighted by Gasteiger charge is -2.26. The van der Waals surface area contributed by atoms with Crippen LogP contribution in [0.5, 0.6) is 0 Å². The van der Waals surface area contributed by atoms with Crippen molar-refractivity contribution in [1.82, 2.24) is 14.8 Å². The molecule has 4 aromatic rings. The molecule has 0 aliphatic carbocycles. The summed E-state index contributed by atoms with van der Waals surface area (Å²) in [5.41, 5.74) is 1.78. The summed E-state index contributed by atoms with van der Waals surface area (Å²) >= 11 is 7.73. The van der Waals surface area contributed by atoms with Crippen molar-refractivity contribution in [3.05, 3.63) is 114 Å². The minimum Gasteiger partial charge on any atom is -0.294 e. The third-order valence-electron chi connectivity index (χ3n) is 4.82. The molecule has 0 unspecified atom stereocenters. The summed E-state index contributed by atoms with van der Waals surface area (Å²) in [5, 5.41) is 4.84. The Hall–Kier alpha value is -2.89. The molecule has 0 spiro atoms. The molecule has 2 atom stereocenters. The normalized spacial score (nSPS) is 13.0. The second-order valence-corrected chi connectivity index (χ2v) is 8.51. The number of Topliss-reactive ketones (excluding diaryl/α,β-unsaturated/α-hetero) is 1. The van der Waals surface area contributed by atoms with Gasteiger partial charge in [-0.3, -0.25) is 9.48 Å². The van der Waals surface area contributed by atoms with Crippen LogP contribution in [0, 0.1) is 5.92 Å². The summed E-state index contributed by atoms with van der Waals surface area (Å²) in [6.07, 6.45) is 3.15. The van der Waals surface area contributed by atoms with E-state index in [4.69, 9.17) is 11.6 Å². The lowest BCUT2D eigenvalue weighted by atomic mass is 9.90. The van der Waals surface area contributed by atoms with Crippen LogP contribution >= 0.6 is 23.4 Å². The minimum absolute atomic E-state index is 0.0846. The van der Waals surface area contributed by atoms with Crippen LogP contribution in [0.2, 0.25) is 5.02 Å². The zero-order valence-corrected chi connectivity index (χ0v) is 17.7. The highest BCUT2D eigenvalue weighted by molar-refractivity contribution is 7.99. The first-order valence-corrected chi connectivity index (χ1v) is 10.9. The first kappa shape index (κ1) is 20.4. The summed E-state index contributed by atoms with van der Waals surface area (Å²) < 4.78 is 1.73. The van der Waals surface area contributed by atoms with E-state index in [2.05, 4.69) is 22.2 Å². The van der Waals surface area contributed by atoms with E-state index < -0.39 is 0 Å². The molecule has 0 aliphatic heterocycles. The van der Waals surface area contributed by atoms with Crippen LogP contribution in [0.4, 0.5) is 0 Å². The highest BCUT2D eigenvalue weighted by Crippen LogP contribution is 2.43. The van der Waals surface area contributed by atoms with Gasteiger partial charge >= 0.3 is 0 Å². The summed E-state index contributed by atoms with van der Waals surface area (Å²) in [6, 6.07) is 27.3. The smallest absolute Gasteiger partial charge is 0.169 e. The van der Waals surface area contributed by atoms with Gasteiger partial charge in [-0.2, -0.15) is 5.10 Å². The van der Waals surface area contributed by atoms with Gasteiger partial charge in [0.05, 0.1) is 12.5 Å². The molecule has 6 heteroatoms. The molecule has 0 fully saturated rings. The van der Waals surface area contributed by atoms with Crippen molar-refractivity contribution >= 4 is 29.1 Å². The van der Waals surface area contributed by atoms with Crippen molar-refractivity contribution in [3.63, 3.8) is 0 Å². The number of ketones is 1. The highest BCUT2D eigenvalue weighted by atomic mass is 35.5. The second kappa shape index (κ2) is 9.74. The maximum Gasteiger partial charge on any atom is 0.169 e. The number of carbonyl (C=O) groups is 1. The molecule has 0 N–H and O–H groups in total. The third-order valence-corrected chi connectivity index (χ3v) is 6.47. The van der Waals surface area contributed by atoms with Gasteiger partial charge in [-0.05, 0) is 29.8 Å². The molecule has 4 nitrogen and oxygen atoms in total. The first-order valence-electron chi connectivity index (χ1n) is 9.59. The first-order chi connectivity index (χ1) is 14.7. The van der Waals surface area contributed by atoms with E-state index in [0.29, 0.717) is 17.1 Å². The molecule has 1 aromatic heterocycles. The van der Waals surface area contributed by atoms with Gasteiger partial charge in [-0.1, -0.05) is 72.3 Å². The number of hydrogen-bond donors (Lipinski definition) is 0. The van der Waals surface area contributed by atoms with Gasteiger partial charge in [-0.15, -0.1) is 11.8 Å². The molecule has 0 saturated carbocycles. The Morgan fingerprint density at radius 1 is 0.933 bits per heavy atom. The number of carbonyl (C=O) groups excluding carboxylic acids is 1. The van der Waals surface area contributed by atoms with Crippen LogP contribution in [0.1, 0.15) is 21.2 Å². The molecule has 150 valence electrons. The van der Waals surface area contributed by atoms with Crippen LogP contribution in [0.15, 0.2) is 102 Å². The average Bonchev–Trinajstić information content (AvgIpc) is 3.31. The Morgan fingerprint density at radius 2 is 1.60 bits per heavy atom. The average molecular weight is 434 g/mol. The van der Waals surface area contributed by atoms with Gasteiger partial charge in [0, 0.05) is 20.7 Å². The Bertz CT molecular complexity index is 1070. The van der Waals surface area contributed by atoms with Crippen LogP contribution in [0.3, 0.4) is 0 Å². The monoisotopic (exact) mass is 433 g/mol. The zero-order chi connectivity index (χ0) is 20.8. The molecule has 3 aromatic carbocycles. The van der Waals surface area contributed by atoms with Crippen molar-refractivity contribution in [2.75, 3.05) is 0 Å². The number of rotatable bonds is 8. The van der Waals surface area contributed by atoms with Gasteiger partial charge in [0.25, 0.3) is 0 Å². The van der Waals surface area contributed by atoms with Crippen molar-refractivity contribution < 1.29 is 4.79 Å². The Balaban J connectivity index is 1.75. The zero-order valence-electron chi connectivity index (χ0n) is 16.1. The fourth-order valence-electron chi connectivity index (χ4n) is 3.35. The molecule has 0 bridgehead atoms. The molecule has 0 saturated heterocycles. The third kappa shape index (κ3) is 4.99. The number of nitrogens with zero attached hydrogens (tertiary/aromatic N) is 3. The van der Waals surface area contributed by atoms with Crippen molar-refractivity contribution in [3.8, 4) is 0 Å². The van der Waals surface area contributed by atoms with Crippen LogP contribution in [0.25, 0.3) is 0 Å². The molecule has 30 heavy (non-hydrogen) atoms. The molecule has 4 rings (SSSR count). The SMILES string of the molecule is O=C(c1ccccc1)[C@H](Cn1cncn1)[C@H](Sc1ccc(Cl)cc1)c1ccccc1. The molecule has 1 heterocycles. The summed E-state index contributed by atoms with van der Waals surface area (Å²) in [4.78, 5) is 18.7. The van der Waals surface area contributed by atoms with E-state index >= 15 is 0 Å². The summed E-state index contributed by atoms with van der Waals surface area (Å²) in [7, 11) is 0. The standard InChI is InChI=1S/C24H20ClN3OS/c25-20-11-13-21(14-12-20)30-24(19-9-5-2-6-10-19)22(15-28-17-26-16-27-28)23(29)18-7-3-1-4-8-18/h1-14,16-17,22,24H,15H2/t22-,24+/m0/s1. The van der Waals surface area contributed by atoms with Crippen molar-refractivity contribution in [1.29, 1.82) is 0 Å². The van der Waals surface area contributed by atoms with Gasteiger partial charge in [0.15, 0.2) is 5.78 Å². The van der Waals surface area contributed by atoms with Gasteiger partial charge in [0.2, 0.25) is 0 Å². The van der Waals surface area contributed by atoms with E-state index in [9.17, 15) is 4.79 Å². The number of aromatic nitrogens is 3. The molecular weight excluding hydrogens is 414 g/mol. The van der Waals surface area contributed by atoms with E-state index in [1.807, 2.05) is 72.8 Å². The fourth-order valence-corrected chi connectivity index (χ4v) is 4.73. The molecule has 0 amide bonds. The topological polar surface area (TPSA) is 47.8 Å². The fraction of sp³-hybridized carbons (Fsp3) is 0.125. The van der Waals surface area contributed by atoms with Gasteiger partial charge in [-0.25, -0.2) is 4.98 Å². The number of benzene rings is 3. The van der Waals surface area contributed by atoms with Crippen molar-refractivity contribution in [2.45, 2.75) is 16.7 Å². The second-order valence-electron chi connectivity index (χ2n) is 6.86. The number of hydrogen-bond acceptors (Lipinski definition) is 4. The maximum absolute atomic E-state index is 13.6. The summed E-state index contributed by atoms with van der Waals surface area (Å²) in [6.45, 7) is 0.438. The van der Waals surface area contributed by atoms with E-state index in [0.717, 1.165) is 10.5 Å². The predicted molar refractivity (Wildman–Crippen MR) is 121 cm³/mol. The highest BCUT2D eigenvalue weighted by Gasteiger charge is 2.32. The number of thioether (sulfide) groups is 1. The Kier molecular flexibility index (Phi) is 6.62. The van der Waals surface area contributed by atoms with Crippen molar-refractivity contribution in [2.24, 2.45) is 5.92 Å².